The van der Waals surface area contributed by atoms with Crippen molar-refractivity contribution in [2.24, 2.45) is 0 Å². The molecule has 1 aromatic heterocycles. The Balaban J connectivity index is 2.59. The number of ether oxygens (including phenoxy) is 2. The molecular weight excluding hydrogens is 260 g/mol. The monoisotopic (exact) mass is 272 g/mol. The summed E-state index contributed by atoms with van der Waals surface area (Å²) in [5.74, 6) is 0.139. The Hall–Kier alpha value is -2.69. The highest BCUT2D eigenvalue weighted by molar-refractivity contribution is 5.96. The van der Waals surface area contributed by atoms with Crippen molar-refractivity contribution in [2.45, 2.75) is 0 Å². The van der Waals surface area contributed by atoms with E-state index in [9.17, 15) is 9.90 Å². The van der Waals surface area contributed by atoms with Crippen molar-refractivity contribution < 1.29 is 19.0 Å². The fourth-order valence-corrected chi connectivity index (χ4v) is 2.29. The molecule has 102 valence electrons. The summed E-state index contributed by atoms with van der Waals surface area (Å²) < 4.78 is 16.0. The maximum absolute atomic E-state index is 12.6. The highest BCUT2D eigenvalue weighted by atomic mass is 16.5. The van der Waals surface area contributed by atoms with Gasteiger partial charge in [-0.05, 0) is 12.1 Å². The van der Waals surface area contributed by atoms with Crippen LogP contribution in [-0.4, -0.2) is 19.3 Å². The number of benzene rings is 2. The fourth-order valence-electron chi connectivity index (χ4n) is 2.29. The molecule has 1 heterocycles. The number of hydrogen-bond acceptors (Lipinski definition) is 5. The lowest BCUT2D eigenvalue weighted by atomic mass is 10.1. The molecule has 0 bridgehead atoms. The van der Waals surface area contributed by atoms with Crippen molar-refractivity contribution in [1.82, 2.24) is 0 Å². The lowest BCUT2D eigenvalue weighted by molar-refractivity contribution is 0.335. The normalized spacial score (nSPS) is 10.9. The molecule has 0 aliphatic heterocycles. The van der Waals surface area contributed by atoms with Gasteiger partial charge < -0.3 is 19.0 Å². The van der Waals surface area contributed by atoms with Crippen molar-refractivity contribution in [2.75, 3.05) is 14.2 Å². The van der Waals surface area contributed by atoms with Gasteiger partial charge in [0.15, 0.2) is 11.5 Å². The first kappa shape index (κ1) is 12.3. The molecule has 2 aromatic carbocycles. The summed E-state index contributed by atoms with van der Waals surface area (Å²) in [6.07, 6.45) is 0. The van der Waals surface area contributed by atoms with Crippen molar-refractivity contribution in [3.8, 4) is 17.2 Å². The third kappa shape index (κ3) is 1.60. The zero-order chi connectivity index (χ0) is 14.3. The van der Waals surface area contributed by atoms with E-state index in [1.54, 1.807) is 24.3 Å². The van der Waals surface area contributed by atoms with E-state index >= 15 is 0 Å². The van der Waals surface area contributed by atoms with Crippen LogP contribution in [0.3, 0.4) is 0 Å². The molecule has 0 fully saturated rings. The lowest BCUT2D eigenvalue weighted by Crippen LogP contribution is -2.05. The van der Waals surface area contributed by atoms with Gasteiger partial charge in [-0.2, -0.15) is 0 Å². The summed E-state index contributed by atoms with van der Waals surface area (Å²) in [7, 11) is 2.80. The van der Waals surface area contributed by atoms with E-state index in [2.05, 4.69) is 0 Å². The molecule has 5 nitrogen and oxygen atoms in total. The van der Waals surface area contributed by atoms with Crippen LogP contribution in [0.1, 0.15) is 0 Å². The van der Waals surface area contributed by atoms with E-state index in [-0.39, 0.29) is 33.6 Å². The zero-order valence-corrected chi connectivity index (χ0v) is 11.0. The summed E-state index contributed by atoms with van der Waals surface area (Å²) >= 11 is 0. The van der Waals surface area contributed by atoms with Gasteiger partial charge in [-0.3, -0.25) is 4.79 Å². The Morgan fingerprint density at radius 1 is 1.05 bits per heavy atom. The molecule has 0 spiro atoms. The number of phenols is 1. The number of aromatic hydroxyl groups is 1. The molecule has 0 aliphatic carbocycles. The van der Waals surface area contributed by atoms with E-state index in [0.29, 0.717) is 11.0 Å². The largest absolute Gasteiger partial charge is 0.504 e. The van der Waals surface area contributed by atoms with Crippen molar-refractivity contribution in [3.63, 3.8) is 0 Å². The van der Waals surface area contributed by atoms with Crippen LogP contribution in [-0.2, 0) is 0 Å². The van der Waals surface area contributed by atoms with Crippen molar-refractivity contribution >= 4 is 21.9 Å². The van der Waals surface area contributed by atoms with E-state index < -0.39 is 0 Å². The van der Waals surface area contributed by atoms with E-state index in [0.717, 1.165) is 0 Å². The van der Waals surface area contributed by atoms with Crippen LogP contribution in [0.4, 0.5) is 0 Å². The lowest BCUT2D eigenvalue weighted by Gasteiger charge is -2.12. The third-order valence-electron chi connectivity index (χ3n) is 3.17. The minimum absolute atomic E-state index is 0.114. The van der Waals surface area contributed by atoms with Gasteiger partial charge in [0.1, 0.15) is 16.6 Å². The topological polar surface area (TPSA) is 68.9 Å². The Labute approximate surface area is 114 Å². The van der Waals surface area contributed by atoms with Crippen LogP contribution in [0.25, 0.3) is 21.9 Å². The molecule has 0 aliphatic rings. The molecule has 0 atom stereocenters. The standard InChI is InChI=1S/C15H12O5/c1-18-14-9(16)7-11-12(15(14)19-2)13(17)8-5-3-4-6-10(8)20-11/h3-7,16H,1-2H3. The Bertz CT molecular complexity index is 863. The first-order chi connectivity index (χ1) is 9.67. The molecular formula is C15H12O5. The SMILES string of the molecule is COc1c(O)cc2oc3ccccc3c(=O)c2c1OC. The van der Waals surface area contributed by atoms with Crippen molar-refractivity contribution in [3.05, 3.63) is 40.6 Å². The molecule has 0 unspecified atom stereocenters. The molecule has 0 amide bonds. The minimum Gasteiger partial charge on any atom is -0.504 e. The molecule has 0 radical (unpaired) electrons. The second-order valence-electron chi connectivity index (χ2n) is 4.26. The molecule has 3 aromatic rings. The number of phenolic OH excluding ortho intramolecular Hbond substituents is 1. The summed E-state index contributed by atoms with van der Waals surface area (Å²) in [5.41, 5.74) is 0.484. The smallest absolute Gasteiger partial charge is 0.204 e. The Kier molecular flexibility index (Phi) is 2.75. The van der Waals surface area contributed by atoms with Gasteiger partial charge in [0.2, 0.25) is 11.2 Å². The minimum atomic E-state index is -0.225. The Morgan fingerprint density at radius 3 is 2.45 bits per heavy atom. The number of rotatable bonds is 2. The summed E-state index contributed by atoms with van der Waals surface area (Å²) in [5, 5.41) is 10.6. The first-order valence-electron chi connectivity index (χ1n) is 5.97. The third-order valence-corrected chi connectivity index (χ3v) is 3.17. The molecule has 0 saturated heterocycles. The van der Waals surface area contributed by atoms with Crippen LogP contribution in [0.2, 0.25) is 0 Å². The van der Waals surface area contributed by atoms with Crippen LogP contribution in [0.15, 0.2) is 39.5 Å². The second kappa shape index (κ2) is 4.45. The van der Waals surface area contributed by atoms with Gasteiger partial charge in [-0.15, -0.1) is 0 Å². The van der Waals surface area contributed by atoms with Crippen molar-refractivity contribution in [1.29, 1.82) is 0 Å². The van der Waals surface area contributed by atoms with E-state index in [1.807, 2.05) is 0 Å². The van der Waals surface area contributed by atoms with E-state index in [4.69, 9.17) is 13.9 Å². The maximum Gasteiger partial charge on any atom is 0.204 e. The van der Waals surface area contributed by atoms with Crippen LogP contribution in [0.5, 0.6) is 17.2 Å². The first-order valence-corrected chi connectivity index (χ1v) is 5.97. The quantitative estimate of drug-likeness (QED) is 0.726. The molecule has 0 saturated carbocycles. The van der Waals surface area contributed by atoms with Gasteiger partial charge in [-0.25, -0.2) is 0 Å². The predicted octanol–water partition coefficient (Wildman–Crippen LogP) is 2.67. The summed E-state index contributed by atoms with van der Waals surface area (Å²) in [6.45, 7) is 0. The zero-order valence-electron chi connectivity index (χ0n) is 11.0. The fraction of sp³-hybridized carbons (Fsp3) is 0.133. The van der Waals surface area contributed by atoms with Gasteiger partial charge in [0, 0.05) is 6.07 Å². The highest BCUT2D eigenvalue weighted by Crippen LogP contribution is 2.42. The molecule has 1 N–H and O–H groups in total. The summed E-state index contributed by atoms with van der Waals surface area (Å²) in [4.78, 5) is 12.6. The highest BCUT2D eigenvalue weighted by Gasteiger charge is 2.20. The number of hydrogen-bond donors (Lipinski definition) is 1. The van der Waals surface area contributed by atoms with Crippen LogP contribution < -0.4 is 14.9 Å². The predicted molar refractivity (Wildman–Crippen MR) is 74.8 cm³/mol. The van der Waals surface area contributed by atoms with Gasteiger partial charge in [-0.1, -0.05) is 12.1 Å². The Morgan fingerprint density at radius 2 is 1.75 bits per heavy atom. The second-order valence-corrected chi connectivity index (χ2v) is 4.26. The molecule has 20 heavy (non-hydrogen) atoms. The maximum atomic E-state index is 12.6. The molecule has 5 heteroatoms. The van der Waals surface area contributed by atoms with Gasteiger partial charge in [0.25, 0.3) is 0 Å². The van der Waals surface area contributed by atoms with Crippen LogP contribution >= 0.6 is 0 Å². The number of methoxy groups -OCH3 is 2. The number of para-hydroxylation sites is 1. The van der Waals surface area contributed by atoms with E-state index in [1.165, 1.54) is 20.3 Å². The van der Waals surface area contributed by atoms with Gasteiger partial charge >= 0.3 is 0 Å². The van der Waals surface area contributed by atoms with Crippen LogP contribution in [0, 0.1) is 0 Å². The van der Waals surface area contributed by atoms with Gasteiger partial charge in [0.05, 0.1) is 19.6 Å². The average Bonchev–Trinajstić information content (AvgIpc) is 2.46. The molecule has 3 rings (SSSR count). The summed E-state index contributed by atoms with van der Waals surface area (Å²) in [6, 6.07) is 8.26. The average molecular weight is 272 g/mol. The number of fused-ring (bicyclic) bond motifs is 2.